The summed E-state index contributed by atoms with van der Waals surface area (Å²) in [6.45, 7) is 4.83. The van der Waals surface area contributed by atoms with E-state index in [0.29, 0.717) is 17.5 Å². The Morgan fingerprint density at radius 2 is 2.18 bits per heavy atom. The lowest BCUT2D eigenvalue weighted by Crippen LogP contribution is -2.41. The van der Waals surface area contributed by atoms with Crippen molar-refractivity contribution in [2.24, 2.45) is 11.3 Å². The van der Waals surface area contributed by atoms with Crippen molar-refractivity contribution in [3.05, 3.63) is 11.7 Å². The van der Waals surface area contributed by atoms with Crippen LogP contribution >= 0.6 is 0 Å². The second-order valence-corrected chi connectivity index (χ2v) is 9.39. The minimum Gasteiger partial charge on any atom is -0.339 e. The van der Waals surface area contributed by atoms with E-state index >= 15 is 0 Å². The molecule has 2 aliphatic rings. The van der Waals surface area contributed by atoms with Crippen molar-refractivity contribution in [1.82, 2.24) is 15.0 Å². The standard InChI is InChI=1S/C15H25N3O3S/c1-12-16-14(21-17-12)8-13-4-3-7-18(9-13)10-15(5-6-15)11-22(2,19)20/h13H,3-11H2,1-2H3. The second kappa shape index (κ2) is 5.92. The van der Waals surface area contributed by atoms with E-state index in [4.69, 9.17) is 4.52 Å². The predicted octanol–water partition coefficient (Wildman–Crippen LogP) is 1.46. The molecule has 1 aromatic rings. The summed E-state index contributed by atoms with van der Waals surface area (Å²) in [5, 5.41) is 3.84. The molecule has 1 aliphatic heterocycles. The van der Waals surface area contributed by atoms with Gasteiger partial charge in [-0.2, -0.15) is 4.98 Å². The van der Waals surface area contributed by atoms with E-state index < -0.39 is 9.84 Å². The van der Waals surface area contributed by atoms with Crippen LogP contribution < -0.4 is 0 Å². The third kappa shape index (κ3) is 4.29. The van der Waals surface area contributed by atoms with Gasteiger partial charge in [0.1, 0.15) is 9.84 Å². The Bertz CT molecular complexity index is 622. The molecule has 0 aromatic carbocycles. The summed E-state index contributed by atoms with van der Waals surface area (Å²) in [4.78, 5) is 6.73. The number of aromatic nitrogens is 2. The van der Waals surface area contributed by atoms with Crippen molar-refractivity contribution in [3.63, 3.8) is 0 Å². The lowest BCUT2D eigenvalue weighted by molar-refractivity contribution is 0.144. The molecule has 0 spiro atoms. The number of hydrogen-bond donors (Lipinski definition) is 0. The number of piperidine rings is 1. The molecule has 22 heavy (non-hydrogen) atoms. The number of hydrogen-bond acceptors (Lipinski definition) is 6. The first-order valence-corrected chi connectivity index (χ1v) is 10.1. The fourth-order valence-corrected chi connectivity index (χ4v) is 5.18. The van der Waals surface area contributed by atoms with E-state index in [2.05, 4.69) is 15.0 Å². The molecule has 1 atom stereocenters. The van der Waals surface area contributed by atoms with Gasteiger partial charge in [-0.15, -0.1) is 0 Å². The van der Waals surface area contributed by atoms with Crippen LogP contribution in [-0.4, -0.2) is 55.1 Å². The van der Waals surface area contributed by atoms with Crippen LogP contribution in [-0.2, 0) is 16.3 Å². The van der Waals surface area contributed by atoms with Gasteiger partial charge < -0.3 is 9.42 Å². The van der Waals surface area contributed by atoms with Crippen molar-refractivity contribution >= 4 is 9.84 Å². The van der Waals surface area contributed by atoms with Crippen LogP contribution in [0.4, 0.5) is 0 Å². The van der Waals surface area contributed by atoms with E-state index in [0.717, 1.165) is 51.2 Å². The Balaban J connectivity index is 1.55. The Kier molecular flexibility index (Phi) is 4.29. The van der Waals surface area contributed by atoms with Gasteiger partial charge >= 0.3 is 0 Å². The molecular weight excluding hydrogens is 302 g/mol. The molecule has 0 bridgehead atoms. The molecule has 1 aromatic heterocycles. The van der Waals surface area contributed by atoms with Crippen LogP contribution in [0, 0.1) is 18.3 Å². The van der Waals surface area contributed by atoms with Crippen LogP contribution in [0.3, 0.4) is 0 Å². The predicted molar refractivity (Wildman–Crippen MR) is 83.3 cm³/mol. The Morgan fingerprint density at radius 1 is 1.41 bits per heavy atom. The number of aryl methyl sites for hydroxylation is 1. The lowest BCUT2D eigenvalue weighted by atomic mass is 9.93. The zero-order valence-electron chi connectivity index (χ0n) is 13.4. The summed E-state index contributed by atoms with van der Waals surface area (Å²) in [6.07, 6.45) is 6.61. The van der Waals surface area contributed by atoms with Crippen LogP contribution in [0.25, 0.3) is 0 Å². The van der Waals surface area contributed by atoms with Gasteiger partial charge in [-0.3, -0.25) is 0 Å². The molecule has 0 radical (unpaired) electrons. The van der Waals surface area contributed by atoms with E-state index in [1.54, 1.807) is 0 Å². The minimum absolute atomic E-state index is 0.0244. The first-order chi connectivity index (χ1) is 10.3. The third-order valence-corrected chi connectivity index (χ3v) is 5.86. The molecule has 3 rings (SSSR count). The Hall–Kier alpha value is -0.950. The van der Waals surface area contributed by atoms with E-state index in [-0.39, 0.29) is 5.41 Å². The van der Waals surface area contributed by atoms with Gasteiger partial charge in [0.05, 0.1) is 5.75 Å². The van der Waals surface area contributed by atoms with Crippen LogP contribution in [0.5, 0.6) is 0 Å². The van der Waals surface area contributed by atoms with Crippen LogP contribution in [0.2, 0.25) is 0 Å². The SMILES string of the molecule is Cc1noc(CC2CCCN(CC3(CS(C)(=O)=O)CC3)C2)n1. The zero-order valence-corrected chi connectivity index (χ0v) is 14.2. The highest BCUT2D eigenvalue weighted by atomic mass is 32.2. The first kappa shape index (κ1) is 15.9. The summed E-state index contributed by atoms with van der Waals surface area (Å²) in [6, 6.07) is 0. The normalized spacial score (nSPS) is 25.3. The van der Waals surface area contributed by atoms with Crippen molar-refractivity contribution in [1.29, 1.82) is 0 Å². The zero-order chi connectivity index (χ0) is 15.8. The Morgan fingerprint density at radius 3 is 2.77 bits per heavy atom. The molecule has 1 unspecified atom stereocenters. The third-order valence-electron chi connectivity index (χ3n) is 4.72. The van der Waals surface area contributed by atoms with Crippen molar-refractivity contribution in [2.75, 3.05) is 31.6 Å². The van der Waals surface area contributed by atoms with E-state index in [9.17, 15) is 8.42 Å². The van der Waals surface area contributed by atoms with E-state index in [1.165, 1.54) is 12.7 Å². The van der Waals surface area contributed by atoms with Crippen molar-refractivity contribution in [3.8, 4) is 0 Å². The maximum atomic E-state index is 11.6. The summed E-state index contributed by atoms with van der Waals surface area (Å²) < 4.78 is 28.4. The molecule has 124 valence electrons. The molecule has 0 amide bonds. The fourth-order valence-electron chi connectivity index (χ4n) is 3.69. The quantitative estimate of drug-likeness (QED) is 0.787. The van der Waals surface area contributed by atoms with Gasteiger partial charge in [0, 0.05) is 25.8 Å². The summed E-state index contributed by atoms with van der Waals surface area (Å²) in [7, 11) is -2.89. The maximum absolute atomic E-state index is 11.6. The fraction of sp³-hybridized carbons (Fsp3) is 0.867. The first-order valence-electron chi connectivity index (χ1n) is 8.03. The molecule has 1 saturated carbocycles. The van der Waals surface area contributed by atoms with Crippen LogP contribution in [0.1, 0.15) is 37.4 Å². The highest BCUT2D eigenvalue weighted by Gasteiger charge is 2.46. The average molecular weight is 327 g/mol. The van der Waals surface area contributed by atoms with Gasteiger partial charge in [0.25, 0.3) is 0 Å². The van der Waals surface area contributed by atoms with E-state index in [1.807, 2.05) is 6.92 Å². The topological polar surface area (TPSA) is 76.3 Å². The number of nitrogens with zero attached hydrogens (tertiary/aromatic N) is 3. The van der Waals surface area contributed by atoms with Gasteiger partial charge in [-0.25, -0.2) is 8.42 Å². The van der Waals surface area contributed by atoms with Gasteiger partial charge in [-0.1, -0.05) is 5.16 Å². The van der Waals surface area contributed by atoms with Gasteiger partial charge in [-0.05, 0) is 50.5 Å². The molecule has 6 nitrogen and oxygen atoms in total. The molecule has 1 aliphatic carbocycles. The summed E-state index contributed by atoms with van der Waals surface area (Å²) in [5.74, 6) is 2.28. The summed E-state index contributed by atoms with van der Waals surface area (Å²) in [5.41, 5.74) is 0.0244. The molecule has 1 saturated heterocycles. The highest BCUT2D eigenvalue weighted by molar-refractivity contribution is 7.90. The smallest absolute Gasteiger partial charge is 0.226 e. The number of rotatable bonds is 6. The van der Waals surface area contributed by atoms with Gasteiger partial charge in [0.2, 0.25) is 5.89 Å². The van der Waals surface area contributed by atoms with Crippen molar-refractivity contribution < 1.29 is 12.9 Å². The monoisotopic (exact) mass is 327 g/mol. The van der Waals surface area contributed by atoms with Crippen molar-refractivity contribution in [2.45, 2.75) is 39.0 Å². The Labute approximate surface area is 132 Å². The minimum atomic E-state index is -2.89. The largest absolute Gasteiger partial charge is 0.339 e. The van der Waals surface area contributed by atoms with Gasteiger partial charge in [0.15, 0.2) is 5.82 Å². The highest BCUT2D eigenvalue weighted by Crippen LogP contribution is 2.47. The number of likely N-dealkylation sites (tertiary alicyclic amines) is 1. The summed E-state index contributed by atoms with van der Waals surface area (Å²) >= 11 is 0. The molecule has 7 heteroatoms. The average Bonchev–Trinajstić information content (AvgIpc) is 3.00. The molecule has 2 fully saturated rings. The number of sulfone groups is 1. The lowest BCUT2D eigenvalue weighted by Gasteiger charge is -2.34. The molecule has 2 heterocycles. The second-order valence-electron chi connectivity index (χ2n) is 7.25. The molecular formula is C15H25N3O3S. The molecule has 0 N–H and O–H groups in total. The van der Waals surface area contributed by atoms with Crippen LogP contribution in [0.15, 0.2) is 4.52 Å². The maximum Gasteiger partial charge on any atom is 0.226 e.